The average Bonchev–Trinajstić information content (AvgIpc) is 3.63. The van der Waals surface area contributed by atoms with Crippen LogP contribution in [0.2, 0.25) is 0 Å². The van der Waals surface area contributed by atoms with Crippen molar-refractivity contribution in [3.05, 3.63) is 168 Å². The maximum atomic E-state index is 5.13. The summed E-state index contributed by atoms with van der Waals surface area (Å²) in [7, 11) is 0. The van der Waals surface area contributed by atoms with Crippen LogP contribution < -0.4 is 0 Å². The van der Waals surface area contributed by atoms with E-state index in [1.807, 2.05) is 19.3 Å². The van der Waals surface area contributed by atoms with Crippen LogP contribution in [0, 0.1) is 6.92 Å². The molecule has 2 aliphatic rings. The number of nitrogens with zero attached hydrogens (tertiary/aromatic N) is 5. The average molecular weight is 646 g/mol. The highest BCUT2D eigenvalue weighted by atomic mass is 15.5. The Balaban J connectivity index is 1.15. The van der Waals surface area contributed by atoms with Crippen molar-refractivity contribution in [2.45, 2.75) is 25.7 Å². The van der Waals surface area contributed by atoms with E-state index in [0.29, 0.717) is 0 Å². The van der Waals surface area contributed by atoms with Gasteiger partial charge in [-0.2, -0.15) is 4.80 Å². The van der Waals surface area contributed by atoms with Gasteiger partial charge in [0, 0.05) is 36.1 Å². The predicted molar refractivity (Wildman–Crippen MR) is 207 cm³/mol. The maximum absolute atomic E-state index is 5.13. The van der Waals surface area contributed by atoms with Crippen LogP contribution in [-0.4, -0.2) is 32.7 Å². The largest absolute Gasteiger partial charge is 0.292 e. The lowest BCUT2D eigenvalue weighted by atomic mass is 9.87. The van der Waals surface area contributed by atoms with Gasteiger partial charge in [0.1, 0.15) is 11.0 Å². The Morgan fingerprint density at radius 1 is 0.700 bits per heavy atom. The maximum Gasteiger partial charge on any atom is 0.121 e. The molecule has 0 N–H and O–H groups in total. The predicted octanol–water partition coefficient (Wildman–Crippen LogP) is 10.6. The van der Waals surface area contributed by atoms with Crippen LogP contribution in [0.25, 0.3) is 60.9 Å². The molecule has 50 heavy (non-hydrogen) atoms. The van der Waals surface area contributed by atoms with Crippen molar-refractivity contribution in [3.8, 4) is 27.9 Å². The van der Waals surface area contributed by atoms with Gasteiger partial charge in [0.15, 0.2) is 0 Å². The molecule has 0 bridgehead atoms. The molecule has 7 aromatic rings. The number of aliphatic imine (C=N–C) groups is 1. The molecular formula is C45H35N5. The topological polar surface area (TPSA) is 56.0 Å². The second-order valence-corrected chi connectivity index (χ2v) is 13.1. The molecule has 1 aliphatic heterocycles. The summed E-state index contributed by atoms with van der Waals surface area (Å²) in [6.45, 7) is 2.88. The lowest BCUT2D eigenvalue weighted by Gasteiger charge is -2.18. The molecule has 1 aliphatic carbocycles. The van der Waals surface area contributed by atoms with Crippen LogP contribution >= 0.6 is 0 Å². The number of allylic oxidation sites excluding steroid dienone is 5. The number of benzene rings is 5. The molecule has 5 heteroatoms. The summed E-state index contributed by atoms with van der Waals surface area (Å²) in [5.74, 6) is 0.263. The molecular weight excluding hydrogens is 611 g/mol. The van der Waals surface area contributed by atoms with Crippen molar-refractivity contribution in [2.24, 2.45) is 4.99 Å². The van der Waals surface area contributed by atoms with Gasteiger partial charge < -0.3 is 0 Å². The minimum Gasteiger partial charge on any atom is -0.292 e. The molecule has 0 saturated carbocycles. The number of dihydropyridines is 1. The van der Waals surface area contributed by atoms with E-state index in [-0.39, 0.29) is 5.92 Å². The molecule has 9 rings (SSSR count). The number of hydrogen-bond donors (Lipinski definition) is 0. The minimum absolute atomic E-state index is 0.263. The summed E-state index contributed by atoms with van der Waals surface area (Å²) >= 11 is 0. The van der Waals surface area contributed by atoms with E-state index in [2.05, 4.69) is 150 Å². The first kappa shape index (κ1) is 29.9. The molecule has 5 nitrogen and oxygen atoms in total. The van der Waals surface area contributed by atoms with Crippen molar-refractivity contribution in [1.82, 2.24) is 20.0 Å². The molecule has 1 unspecified atom stereocenters. The fraction of sp³-hybridized carbons (Fsp3) is 0.111. The summed E-state index contributed by atoms with van der Waals surface area (Å²) in [5.41, 5.74) is 14.1. The van der Waals surface area contributed by atoms with E-state index in [0.717, 1.165) is 75.2 Å². The van der Waals surface area contributed by atoms with Crippen LogP contribution in [0.5, 0.6) is 0 Å². The highest BCUT2D eigenvalue weighted by molar-refractivity contribution is 6.11. The van der Waals surface area contributed by atoms with E-state index in [1.54, 1.807) is 4.80 Å². The van der Waals surface area contributed by atoms with E-state index in [1.165, 1.54) is 27.5 Å². The highest BCUT2D eigenvalue weighted by Crippen LogP contribution is 2.37. The Morgan fingerprint density at radius 2 is 1.56 bits per heavy atom. The number of rotatable bonds is 6. The molecule has 0 radical (unpaired) electrons. The molecule has 240 valence electrons. The Kier molecular flexibility index (Phi) is 7.58. The van der Waals surface area contributed by atoms with Crippen molar-refractivity contribution < 1.29 is 0 Å². The van der Waals surface area contributed by atoms with Crippen molar-refractivity contribution in [2.75, 3.05) is 6.54 Å². The Morgan fingerprint density at radius 3 is 2.42 bits per heavy atom. The summed E-state index contributed by atoms with van der Waals surface area (Å²) in [6.07, 6.45) is 15.1. The Bertz CT molecular complexity index is 2510. The zero-order chi connectivity index (χ0) is 33.4. The van der Waals surface area contributed by atoms with Crippen molar-refractivity contribution in [3.63, 3.8) is 0 Å². The molecule has 0 spiro atoms. The quantitative estimate of drug-likeness (QED) is 0.181. The molecule has 0 saturated heterocycles. The number of fused-ring (bicyclic) bond motifs is 2. The summed E-state index contributed by atoms with van der Waals surface area (Å²) in [4.78, 5) is 10.9. The standard InChI is InChI=1S/C45H35N5/c1-30-17-18-38(29-47-30)33-10-4-12-35(24-33)39-26-43(36-13-5-11-34(25-36)37-14-7-23-46-28-37)45-44(27-39)48-50(49-45)40-21-19-32(20-22-40)42-16-6-9-31-8-2-3-15-41(31)42/h2-6,8-9,11-22,24-29,33H,7,10,23H2,1H3. The van der Waals surface area contributed by atoms with Gasteiger partial charge in [-0.05, 0) is 111 Å². The van der Waals surface area contributed by atoms with Crippen LogP contribution in [-0.2, 0) is 0 Å². The zero-order valence-corrected chi connectivity index (χ0v) is 27.9. The van der Waals surface area contributed by atoms with Crippen molar-refractivity contribution in [1.29, 1.82) is 0 Å². The smallest absolute Gasteiger partial charge is 0.121 e. The van der Waals surface area contributed by atoms with Gasteiger partial charge >= 0.3 is 0 Å². The number of aryl methyl sites for hydroxylation is 1. The third-order valence-electron chi connectivity index (χ3n) is 9.81. The monoisotopic (exact) mass is 645 g/mol. The molecule has 0 fully saturated rings. The fourth-order valence-corrected chi connectivity index (χ4v) is 7.15. The second-order valence-electron chi connectivity index (χ2n) is 13.1. The molecule has 3 heterocycles. The number of pyridine rings is 1. The molecule has 1 atom stereocenters. The third-order valence-corrected chi connectivity index (χ3v) is 9.81. The Hall–Kier alpha value is -6.20. The highest BCUT2D eigenvalue weighted by Gasteiger charge is 2.19. The summed E-state index contributed by atoms with van der Waals surface area (Å²) in [5, 5.41) is 12.7. The van der Waals surface area contributed by atoms with Gasteiger partial charge in [0.2, 0.25) is 0 Å². The molecule has 0 amide bonds. The van der Waals surface area contributed by atoms with Crippen LogP contribution in [0.3, 0.4) is 0 Å². The second kappa shape index (κ2) is 12.7. The normalized spacial score (nSPS) is 15.7. The number of hydrogen-bond acceptors (Lipinski definition) is 4. The van der Waals surface area contributed by atoms with E-state index in [4.69, 9.17) is 10.2 Å². The van der Waals surface area contributed by atoms with Gasteiger partial charge in [-0.25, -0.2) is 0 Å². The van der Waals surface area contributed by atoms with Gasteiger partial charge in [-0.3, -0.25) is 9.98 Å². The first-order valence-corrected chi connectivity index (χ1v) is 17.3. The zero-order valence-electron chi connectivity index (χ0n) is 27.9. The van der Waals surface area contributed by atoms with Crippen LogP contribution in [0.1, 0.15) is 41.1 Å². The van der Waals surface area contributed by atoms with Crippen LogP contribution in [0.15, 0.2) is 151 Å². The van der Waals surface area contributed by atoms with Crippen molar-refractivity contribution >= 4 is 39.2 Å². The first-order chi connectivity index (χ1) is 24.7. The molecule has 5 aromatic carbocycles. The number of aromatic nitrogens is 4. The SMILES string of the molecule is Cc1ccc(C2C=C(c3cc(-c4cccc(C5=CCCN=C5)c4)c4nn(-c5ccc(-c6cccc7ccccc67)cc5)nc4c3)C=CC2)cn1. The lowest BCUT2D eigenvalue weighted by molar-refractivity contribution is 0.766. The third kappa shape index (κ3) is 5.67. The fourth-order valence-electron chi connectivity index (χ4n) is 7.15. The van der Waals surface area contributed by atoms with E-state index >= 15 is 0 Å². The molecule has 2 aromatic heterocycles. The lowest BCUT2D eigenvalue weighted by Crippen LogP contribution is -2.00. The first-order valence-electron chi connectivity index (χ1n) is 17.3. The van der Waals surface area contributed by atoms with Gasteiger partial charge in [0.05, 0.1) is 5.69 Å². The van der Waals surface area contributed by atoms with Gasteiger partial charge in [-0.1, -0.05) is 103 Å². The summed E-state index contributed by atoms with van der Waals surface area (Å²) < 4.78 is 0. The van der Waals surface area contributed by atoms with E-state index in [9.17, 15) is 0 Å². The minimum atomic E-state index is 0.263. The van der Waals surface area contributed by atoms with E-state index < -0.39 is 0 Å². The van der Waals surface area contributed by atoms with Gasteiger partial charge in [0.25, 0.3) is 0 Å². The van der Waals surface area contributed by atoms with Crippen LogP contribution in [0.4, 0.5) is 0 Å². The summed E-state index contributed by atoms with van der Waals surface area (Å²) in [6, 6.07) is 41.0. The van der Waals surface area contributed by atoms with Gasteiger partial charge in [-0.15, -0.1) is 10.2 Å². The Labute approximate surface area is 291 Å².